The summed E-state index contributed by atoms with van der Waals surface area (Å²) < 4.78 is 11.2. The van der Waals surface area contributed by atoms with Crippen molar-refractivity contribution < 1.29 is 14.3 Å². The molecule has 1 aliphatic heterocycles. The van der Waals surface area contributed by atoms with Gasteiger partial charge >= 0.3 is 0 Å². The first kappa shape index (κ1) is 13.6. The smallest absolute Gasteiger partial charge is 0.224 e. The topological polar surface area (TPSA) is 47.6 Å². The molecule has 4 nitrogen and oxygen atoms in total. The summed E-state index contributed by atoms with van der Waals surface area (Å²) in [5.41, 5.74) is 0.896. The van der Waals surface area contributed by atoms with Gasteiger partial charge in [-0.05, 0) is 36.1 Å². The van der Waals surface area contributed by atoms with Crippen molar-refractivity contribution in [1.29, 1.82) is 0 Å². The van der Waals surface area contributed by atoms with Crippen molar-refractivity contribution in [1.82, 2.24) is 0 Å². The van der Waals surface area contributed by atoms with Gasteiger partial charge in [-0.25, -0.2) is 0 Å². The number of benzene rings is 1. The Kier molecular flexibility index (Phi) is 3.78. The zero-order valence-corrected chi connectivity index (χ0v) is 12.2. The number of fused-ring (bicyclic) bond motifs is 1. The molecule has 1 amide bonds. The van der Waals surface area contributed by atoms with Crippen LogP contribution in [-0.4, -0.2) is 24.9 Å². The van der Waals surface area contributed by atoms with Crippen molar-refractivity contribution in [2.24, 2.45) is 5.41 Å². The van der Waals surface area contributed by atoms with E-state index in [1.165, 1.54) is 0 Å². The summed E-state index contributed by atoms with van der Waals surface area (Å²) in [6, 6.07) is 5.53. The lowest BCUT2D eigenvalue weighted by atomic mass is 10.1. The summed E-state index contributed by atoms with van der Waals surface area (Å²) >= 11 is 4.33. The molecule has 20 heavy (non-hydrogen) atoms. The van der Waals surface area contributed by atoms with E-state index >= 15 is 0 Å². The van der Waals surface area contributed by atoms with E-state index in [2.05, 4.69) is 17.9 Å². The number of amides is 1. The van der Waals surface area contributed by atoms with Crippen molar-refractivity contribution in [3.05, 3.63) is 18.2 Å². The van der Waals surface area contributed by atoms with E-state index in [4.69, 9.17) is 9.47 Å². The van der Waals surface area contributed by atoms with E-state index < -0.39 is 0 Å². The van der Waals surface area contributed by atoms with E-state index in [-0.39, 0.29) is 11.3 Å². The Bertz CT molecular complexity index is 514. The van der Waals surface area contributed by atoms with Crippen LogP contribution in [0.4, 0.5) is 5.69 Å². The lowest BCUT2D eigenvalue weighted by molar-refractivity contribution is -0.117. The normalized spacial score (nSPS) is 19.1. The molecule has 1 fully saturated rings. The number of thiol groups is 1. The molecule has 1 saturated carbocycles. The molecule has 0 aromatic heterocycles. The molecule has 2 aliphatic rings. The summed E-state index contributed by atoms with van der Waals surface area (Å²) in [4.78, 5) is 12.0. The van der Waals surface area contributed by atoms with Crippen LogP contribution in [0.5, 0.6) is 11.5 Å². The zero-order chi connectivity index (χ0) is 14.0. The number of carbonyl (C=O) groups excluding carboxylic acids is 1. The Morgan fingerprint density at radius 3 is 2.70 bits per heavy atom. The number of anilines is 1. The summed E-state index contributed by atoms with van der Waals surface area (Å²) in [6.45, 7) is 1.32. The van der Waals surface area contributed by atoms with Gasteiger partial charge in [0.15, 0.2) is 11.5 Å². The van der Waals surface area contributed by atoms with Crippen LogP contribution in [0.25, 0.3) is 0 Å². The molecule has 3 rings (SSSR count). The first-order valence-corrected chi connectivity index (χ1v) is 7.64. The molecule has 0 unspecified atom stereocenters. The van der Waals surface area contributed by atoms with Crippen LogP contribution in [0, 0.1) is 5.41 Å². The largest absolute Gasteiger partial charge is 0.490 e. The van der Waals surface area contributed by atoms with Gasteiger partial charge < -0.3 is 14.8 Å². The number of nitrogens with one attached hydrogen (secondary N) is 1. The minimum Gasteiger partial charge on any atom is -0.490 e. The van der Waals surface area contributed by atoms with Gasteiger partial charge in [-0.15, -0.1) is 0 Å². The van der Waals surface area contributed by atoms with Gasteiger partial charge in [-0.2, -0.15) is 12.6 Å². The monoisotopic (exact) mass is 293 g/mol. The third kappa shape index (κ3) is 3.03. The summed E-state index contributed by atoms with van der Waals surface area (Å²) in [5, 5.41) is 2.93. The fourth-order valence-electron chi connectivity index (χ4n) is 2.35. The molecule has 1 aromatic carbocycles. The maximum absolute atomic E-state index is 12.0. The SMILES string of the molecule is O=C(CC1(CS)CC1)Nc1ccc2c(c1)OCCCO2. The van der Waals surface area contributed by atoms with Crippen molar-refractivity contribution >= 4 is 24.2 Å². The minimum atomic E-state index is 0.0473. The number of carbonyl (C=O) groups is 1. The van der Waals surface area contributed by atoms with Crippen LogP contribution in [-0.2, 0) is 4.79 Å². The van der Waals surface area contributed by atoms with Crippen LogP contribution in [0.1, 0.15) is 25.7 Å². The average molecular weight is 293 g/mol. The first-order chi connectivity index (χ1) is 9.71. The third-order valence-corrected chi connectivity index (χ3v) is 4.53. The second-order valence-electron chi connectivity index (χ2n) is 5.60. The Labute approximate surface area is 124 Å². The van der Waals surface area contributed by atoms with E-state index in [1.807, 2.05) is 18.2 Å². The predicted octanol–water partition coefficient (Wildman–Crippen LogP) is 2.89. The number of ether oxygens (including phenoxy) is 2. The molecular weight excluding hydrogens is 274 g/mol. The Hall–Kier alpha value is -1.36. The molecule has 0 bridgehead atoms. The number of rotatable bonds is 4. The molecule has 0 atom stereocenters. The molecule has 0 saturated heterocycles. The van der Waals surface area contributed by atoms with Gasteiger partial charge in [0.2, 0.25) is 5.91 Å². The molecular formula is C15H19NO3S. The second kappa shape index (κ2) is 5.56. The maximum Gasteiger partial charge on any atom is 0.224 e. The van der Waals surface area contributed by atoms with Gasteiger partial charge in [0.1, 0.15) is 0 Å². The zero-order valence-electron chi connectivity index (χ0n) is 11.4. The highest BCUT2D eigenvalue weighted by Gasteiger charge is 2.42. The highest BCUT2D eigenvalue weighted by atomic mass is 32.1. The van der Waals surface area contributed by atoms with Gasteiger partial charge in [0, 0.05) is 24.6 Å². The van der Waals surface area contributed by atoms with Crippen molar-refractivity contribution in [3.63, 3.8) is 0 Å². The van der Waals surface area contributed by atoms with E-state index in [0.29, 0.717) is 25.4 Å². The molecule has 1 N–H and O–H groups in total. The lowest BCUT2D eigenvalue weighted by Crippen LogP contribution is -2.18. The fourth-order valence-corrected chi connectivity index (χ4v) is 2.78. The van der Waals surface area contributed by atoms with Gasteiger partial charge in [-0.3, -0.25) is 4.79 Å². The van der Waals surface area contributed by atoms with Gasteiger partial charge in [0.25, 0.3) is 0 Å². The molecule has 5 heteroatoms. The lowest BCUT2D eigenvalue weighted by Gasteiger charge is -2.13. The Morgan fingerprint density at radius 1 is 1.25 bits per heavy atom. The molecule has 1 aromatic rings. The summed E-state index contributed by atoms with van der Waals surface area (Å²) in [7, 11) is 0. The van der Waals surface area contributed by atoms with E-state index in [0.717, 1.165) is 36.5 Å². The van der Waals surface area contributed by atoms with Crippen LogP contribution in [0.3, 0.4) is 0 Å². The standard InChI is InChI=1S/C15H19NO3S/c17-14(9-15(10-20)4-5-15)16-11-2-3-12-13(8-11)19-7-1-6-18-12/h2-3,8,20H,1,4-7,9-10H2,(H,16,17). The number of hydrogen-bond acceptors (Lipinski definition) is 4. The van der Waals surface area contributed by atoms with Gasteiger partial charge in [-0.1, -0.05) is 0 Å². The molecule has 1 aliphatic carbocycles. The van der Waals surface area contributed by atoms with Crippen LogP contribution in [0.15, 0.2) is 18.2 Å². The quantitative estimate of drug-likeness (QED) is 0.839. The summed E-state index contributed by atoms with van der Waals surface area (Å²) in [6.07, 6.45) is 3.63. The Balaban J connectivity index is 1.65. The van der Waals surface area contributed by atoms with Crippen LogP contribution >= 0.6 is 12.6 Å². The minimum absolute atomic E-state index is 0.0473. The van der Waals surface area contributed by atoms with Crippen molar-refractivity contribution in [2.45, 2.75) is 25.7 Å². The maximum atomic E-state index is 12.0. The third-order valence-electron chi connectivity index (χ3n) is 3.86. The second-order valence-corrected chi connectivity index (χ2v) is 5.91. The highest BCUT2D eigenvalue weighted by molar-refractivity contribution is 7.80. The molecule has 1 heterocycles. The van der Waals surface area contributed by atoms with Crippen LogP contribution < -0.4 is 14.8 Å². The van der Waals surface area contributed by atoms with Crippen molar-refractivity contribution in [3.8, 4) is 11.5 Å². The number of hydrogen-bond donors (Lipinski definition) is 2. The summed E-state index contributed by atoms with van der Waals surface area (Å²) in [5.74, 6) is 2.28. The van der Waals surface area contributed by atoms with Gasteiger partial charge in [0.05, 0.1) is 13.2 Å². The predicted molar refractivity (Wildman–Crippen MR) is 80.8 cm³/mol. The fraction of sp³-hybridized carbons (Fsp3) is 0.533. The van der Waals surface area contributed by atoms with E-state index in [9.17, 15) is 4.79 Å². The first-order valence-electron chi connectivity index (χ1n) is 7.01. The van der Waals surface area contributed by atoms with E-state index in [1.54, 1.807) is 0 Å². The van der Waals surface area contributed by atoms with Crippen molar-refractivity contribution in [2.75, 3.05) is 24.3 Å². The average Bonchev–Trinajstić information content (AvgIpc) is 3.22. The van der Waals surface area contributed by atoms with Crippen LogP contribution in [0.2, 0.25) is 0 Å². The highest BCUT2D eigenvalue weighted by Crippen LogP contribution is 2.49. The molecule has 108 valence electrons. The Morgan fingerprint density at radius 2 is 2.00 bits per heavy atom. The molecule has 0 radical (unpaired) electrons. The molecule has 0 spiro atoms.